The second-order valence-corrected chi connectivity index (χ2v) is 7.06. The summed E-state index contributed by atoms with van der Waals surface area (Å²) in [5, 5.41) is 0. The van der Waals surface area contributed by atoms with Gasteiger partial charge in [0.2, 0.25) is 0 Å². The summed E-state index contributed by atoms with van der Waals surface area (Å²) < 4.78 is 5.79. The van der Waals surface area contributed by atoms with Crippen LogP contribution in [0.4, 0.5) is 0 Å². The van der Waals surface area contributed by atoms with Gasteiger partial charge >= 0.3 is 5.97 Å². The summed E-state index contributed by atoms with van der Waals surface area (Å²) in [4.78, 5) is 12.9. The van der Waals surface area contributed by atoms with Crippen LogP contribution in [0.25, 0.3) is 17.2 Å². The smallest absolute Gasteiger partial charge is 0.319 e. The van der Waals surface area contributed by atoms with E-state index >= 15 is 0 Å². The lowest BCUT2D eigenvalue weighted by atomic mass is 9.97. The van der Waals surface area contributed by atoms with Crippen molar-refractivity contribution in [1.82, 2.24) is 0 Å². The lowest BCUT2D eigenvalue weighted by molar-refractivity contribution is -0.144. The fourth-order valence-corrected chi connectivity index (χ4v) is 4.30. The molecule has 0 saturated heterocycles. The molecule has 0 aliphatic heterocycles. The number of hydrogen-bond acceptors (Lipinski definition) is 3. The van der Waals surface area contributed by atoms with Crippen molar-refractivity contribution < 1.29 is 9.53 Å². The Kier molecular flexibility index (Phi) is 3.61. The molecular weight excluding hydrogens is 334 g/mol. The van der Waals surface area contributed by atoms with E-state index in [9.17, 15) is 4.79 Å². The van der Waals surface area contributed by atoms with Gasteiger partial charge in [0.05, 0.1) is 0 Å². The summed E-state index contributed by atoms with van der Waals surface area (Å²) in [6, 6.07) is 24.4. The predicted molar refractivity (Wildman–Crippen MR) is 106 cm³/mol. The van der Waals surface area contributed by atoms with E-state index in [-0.39, 0.29) is 11.9 Å². The van der Waals surface area contributed by atoms with Gasteiger partial charge in [-0.3, -0.25) is 4.79 Å². The molecule has 0 aromatic heterocycles. The molecule has 3 nitrogen and oxygen atoms in total. The molecule has 0 radical (unpaired) electrons. The summed E-state index contributed by atoms with van der Waals surface area (Å²) in [7, 11) is 0. The van der Waals surface area contributed by atoms with E-state index in [1.807, 2.05) is 54.6 Å². The second-order valence-electron chi connectivity index (χ2n) is 7.06. The van der Waals surface area contributed by atoms with Crippen LogP contribution in [0.2, 0.25) is 0 Å². The summed E-state index contributed by atoms with van der Waals surface area (Å²) in [6.45, 7) is 0.318. The average molecular weight is 353 g/mol. The standard InChI is InChI=1S/C24H19NO2/c25-22-13-15-7-1-2-8-16(15)23(22)24(26)27-14-21-19-11-5-3-9-17(19)18-10-4-6-12-20(18)21/h1-13,21,23H,14,25H2. The third-order valence-electron chi connectivity index (χ3n) is 5.55. The molecule has 0 fully saturated rings. The second kappa shape index (κ2) is 6.13. The summed E-state index contributed by atoms with van der Waals surface area (Å²) in [5.41, 5.74) is 13.5. The predicted octanol–water partition coefficient (Wildman–Crippen LogP) is 4.44. The fourth-order valence-electron chi connectivity index (χ4n) is 4.30. The van der Waals surface area contributed by atoms with Crippen molar-refractivity contribution in [2.75, 3.05) is 6.61 Å². The minimum atomic E-state index is -0.506. The molecule has 3 aromatic carbocycles. The van der Waals surface area contributed by atoms with E-state index in [2.05, 4.69) is 24.3 Å². The van der Waals surface area contributed by atoms with Crippen LogP contribution in [0.15, 0.2) is 78.5 Å². The summed E-state index contributed by atoms with van der Waals surface area (Å²) in [6.07, 6.45) is 1.86. The van der Waals surface area contributed by atoms with Crippen molar-refractivity contribution in [3.05, 3.63) is 101 Å². The van der Waals surface area contributed by atoms with Crippen LogP contribution in [0.5, 0.6) is 0 Å². The molecule has 1 atom stereocenters. The third-order valence-corrected chi connectivity index (χ3v) is 5.55. The van der Waals surface area contributed by atoms with Gasteiger partial charge in [-0.05, 0) is 39.5 Å². The van der Waals surface area contributed by atoms with Crippen molar-refractivity contribution in [1.29, 1.82) is 0 Å². The Morgan fingerprint density at radius 1 is 0.815 bits per heavy atom. The number of rotatable bonds is 3. The first-order valence-electron chi connectivity index (χ1n) is 9.15. The number of ether oxygens (including phenoxy) is 1. The molecule has 1 unspecified atom stereocenters. The Hall–Kier alpha value is -3.33. The number of nitrogens with two attached hydrogens (primary N) is 1. The van der Waals surface area contributed by atoms with Crippen LogP contribution in [-0.2, 0) is 9.53 Å². The maximum atomic E-state index is 12.9. The number of hydrogen-bond donors (Lipinski definition) is 1. The summed E-state index contributed by atoms with van der Waals surface area (Å²) >= 11 is 0. The average Bonchev–Trinajstić information content (AvgIpc) is 3.20. The largest absolute Gasteiger partial charge is 0.464 e. The minimum absolute atomic E-state index is 0.0585. The zero-order valence-electron chi connectivity index (χ0n) is 14.8. The highest BCUT2D eigenvalue weighted by Gasteiger charge is 2.33. The van der Waals surface area contributed by atoms with Gasteiger partial charge in [0.1, 0.15) is 12.5 Å². The number of esters is 1. The normalized spacial score (nSPS) is 17.0. The van der Waals surface area contributed by atoms with Gasteiger partial charge in [0.25, 0.3) is 0 Å². The van der Waals surface area contributed by atoms with Gasteiger partial charge in [-0.15, -0.1) is 0 Å². The number of benzene rings is 3. The third kappa shape index (κ3) is 2.47. The van der Waals surface area contributed by atoms with Crippen molar-refractivity contribution in [2.45, 2.75) is 11.8 Å². The van der Waals surface area contributed by atoms with E-state index < -0.39 is 5.92 Å². The molecule has 0 amide bonds. The number of carbonyl (C=O) groups excluding carboxylic acids is 1. The maximum Gasteiger partial charge on any atom is 0.319 e. The van der Waals surface area contributed by atoms with Gasteiger partial charge in [-0.1, -0.05) is 72.8 Å². The van der Waals surface area contributed by atoms with Crippen LogP contribution in [0.3, 0.4) is 0 Å². The van der Waals surface area contributed by atoms with E-state index in [1.54, 1.807) is 0 Å². The van der Waals surface area contributed by atoms with Gasteiger partial charge < -0.3 is 10.5 Å². The summed E-state index contributed by atoms with van der Waals surface area (Å²) in [5.74, 6) is -0.730. The highest BCUT2D eigenvalue weighted by atomic mass is 16.5. The molecule has 0 saturated carbocycles. The van der Waals surface area contributed by atoms with Gasteiger partial charge in [0, 0.05) is 11.6 Å². The highest BCUT2D eigenvalue weighted by molar-refractivity contribution is 5.88. The molecule has 2 aliphatic carbocycles. The molecule has 2 aliphatic rings. The van der Waals surface area contributed by atoms with Crippen molar-refractivity contribution in [3.8, 4) is 11.1 Å². The molecule has 3 aromatic rings. The van der Waals surface area contributed by atoms with Crippen molar-refractivity contribution >= 4 is 12.0 Å². The minimum Gasteiger partial charge on any atom is -0.464 e. The van der Waals surface area contributed by atoms with Crippen LogP contribution >= 0.6 is 0 Å². The molecule has 0 bridgehead atoms. The van der Waals surface area contributed by atoms with Crippen molar-refractivity contribution in [3.63, 3.8) is 0 Å². The first-order valence-corrected chi connectivity index (χ1v) is 9.15. The Bertz CT molecular complexity index is 1040. The SMILES string of the molecule is NC1=Cc2ccccc2C1C(=O)OCC1c2ccccc2-c2ccccc21. The lowest BCUT2D eigenvalue weighted by Gasteiger charge is -2.17. The molecule has 27 heavy (non-hydrogen) atoms. The zero-order chi connectivity index (χ0) is 18.4. The highest BCUT2D eigenvalue weighted by Crippen LogP contribution is 2.45. The van der Waals surface area contributed by atoms with Gasteiger partial charge in [0.15, 0.2) is 0 Å². The van der Waals surface area contributed by atoms with E-state index in [0.717, 1.165) is 11.1 Å². The monoisotopic (exact) mass is 353 g/mol. The number of fused-ring (bicyclic) bond motifs is 4. The molecule has 0 spiro atoms. The van der Waals surface area contributed by atoms with Gasteiger partial charge in [-0.25, -0.2) is 0 Å². The first-order chi connectivity index (χ1) is 13.2. The van der Waals surface area contributed by atoms with E-state index in [4.69, 9.17) is 10.5 Å². The van der Waals surface area contributed by atoms with Crippen LogP contribution in [0, 0.1) is 0 Å². The topological polar surface area (TPSA) is 52.3 Å². The quantitative estimate of drug-likeness (QED) is 0.708. The fraction of sp³-hybridized carbons (Fsp3) is 0.125. The molecule has 0 heterocycles. The Morgan fingerprint density at radius 3 is 2.04 bits per heavy atom. The molecule has 132 valence electrons. The van der Waals surface area contributed by atoms with Crippen LogP contribution in [0.1, 0.15) is 34.1 Å². The maximum absolute atomic E-state index is 12.9. The zero-order valence-corrected chi connectivity index (χ0v) is 14.8. The Morgan fingerprint density at radius 2 is 1.37 bits per heavy atom. The molecule has 3 heteroatoms. The molecule has 2 N–H and O–H groups in total. The first kappa shape index (κ1) is 15.9. The van der Waals surface area contributed by atoms with Crippen LogP contribution < -0.4 is 5.73 Å². The van der Waals surface area contributed by atoms with Crippen molar-refractivity contribution in [2.24, 2.45) is 5.73 Å². The van der Waals surface area contributed by atoms with Gasteiger partial charge in [-0.2, -0.15) is 0 Å². The Labute approximate surface area is 158 Å². The van der Waals surface area contributed by atoms with Crippen LogP contribution in [-0.4, -0.2) is 12.6 Å². The Balaban J connectivity index is 1.41. The molecular formula is C24H19NO2. The lowest BCUT2D eigenvalue weighted by Crippen LogP contribution is -2.22. The van der Waals surface area contributed by atoms with E-state index in [1.165, 1.54) is 22.3 Å². The van der Waals surface area contributed by atoms with E-state index in [0.29, 0.717) is 12.3 Å². The molecule has 5 rings (SSSR count). The number of carbonyl (C=O) groups is 1.